The van der Waals surface area contributed by atoms with E-state index in [1.165, 1.54) is 16.8 Å². The third-order valence-corrected chi connectivity index (χ3v) is 5.63. The molecule has 0 bridgehead atoms. The molecule has 0 saturated carbocycles. The van der Waals surface area contributed by atoms with Crippen LogP contribution in [-0.2, 0) is 6.42 Å². The van der Waals surface area contributed by atoms with Crippen LogP contribution < -0.4 is 15.5 Å². The van der Waals surface area contributed by atoms with Crippen LogP contribution in [0.25, 0.3) is 0 Å². The second-order valence-electron chi connectivity index (χ2n) is 7.43. The van der Waals surface area contributed by atoms with Crippen LogP contribution >= 0.6 is 0 Å². The number of carbonyl (C=O) groups excluding carboxylic acids is 1. The molecule has 0 unspecified atom stereocenters. The summed E-state index contributed by atoms with van der Waals surface area (Å²) < 4.78 is 0. The zero-order chi connectivity index (χ0) is 17.8. The van der Waals surface area contributed by atoms with Crippen LogP contribution in [0.5, 0.6) is 0 Å². The molecule has 1 saturated heterocycles. The van der Waals surface area contributed by atoms with E-state index in [0.717, 1.165) is 45.3 Å². The van der Waals surface area contributed by atoms with Gasteiger partial charge in [-0.1, -0.05) is 42.5 Å². The van der Waals surface area contributed by atoms with Gasteiger partial charge in [-0.15, -0.1) is 0 Å². The fourth-order valence-electron chi connectivity index (χ4n) is 4.22. The van der Waals surface area contributed by atoms with Crippen molar-refractivity contribution in [3.63, 3.8) is 0 Å². The van der Waals surface area contributed by atoms with E-state index in [-0.39, 0.29) is 12.1 Å². The number of nitrogens with one attached hydrogen (secondary N) is 2. The van der Waals surface area contributed by atoms with E-state index in [1.54, 1.807) is 0 Å². The van der Waals surface area contributed by atoms with Crippen molar-refractivity contribution in [3.8, 4) is 0 Å². The first-order chi connectivity index (χ1) is 12.8. The van der Waals surface area contributed by atoms with Crippen LogP contribution in [0.4, 0.5) is 10.5 Å². The Morgan fingerprint density at radius 1 is 1.04 bits per heavy atom. The Kier molecular flexibility index (Phi) is 5.09. The molecule has 0 spiro atoms. The van der Waals surface area contributed by atoms with Gasteiger partial charge in [-0.3, -0.25) is 0 Å². The Balaban J connectivity index is 1.26. The molecule has 2 aromatic carbocycles. The Labute approximate surface area is 155 Å². The van der Waals surface area contributed by atoms with Gasteiger partial charge in [-0.2, -0.15) is 0 Å². The van der Waals surface area contributed by atoms with Gasteiger partial charge >= 0.3 is 6.03 Å². The van der Waals surface area contributed by atoms with Crippen LogP contribution in [0.15, 0.2) is 54.6 Å². The standard InChI is InChI=1S/C22H27N3O/c26-22(24-21-12-6-8-18-7-4-5-11-20(18)21)23-15-17-13-14-25(16-17)19-9-2-1-3-10-19/h1-5,7,9-11,17,21H,6,8,12-16H2,(H2,23,24,26)/t17-,21+/m0/s1. The number of para-hydroxylation sites is 1. The maximum absolute atomic E-state index is 12.4. The largest absolute Gasteiger partial charge is 0.371 e. The van der Waals surface area contributed by atoms with Crippen molar-refractivity contribution in [2.45, 2.75) is 31.7 Å². The SMILES string of the molecule is O=C(NC[C@@H]1CCN(c2ccccc2)C1)N[C@@H]1CCCc2ccccc21. The molecule has 2 N–H and O–H groups in total. The summed E-state index contributed by atoms with van der Waals surface area (Å²) in [7, 11) is 0. The lowest BCUT2D eigenvalue weighted by atomic mass is 9.88. The average molecular weight is 349 g/mol. The van der Waals surface area contributed by atoms with Crippen molar-refractivity contribution >= 4 is 11.7 Å². The van der Waals surface area contributed by atoms with Gasteiger partial charge < -0.3 is 15.5 Å². The van der Waals surface area contributed by atoms with Crippen molar-refractivity contribution < 1.29 is 4.79 Å². The molecule has 1 fully saturated rings. The highest BCUT2D eigenvalue weighted by molar-refractivity contribution is 5.74. The topological polar surface area (TPSA) is 44.4 Å². The van der Waals surface area contributed by atoms with Crippen LogP contribution in [-0.4, -0.2) is 25.7 Å². The van der Waals surface area contributed by atoms with Gasteiger partial charge in [0, 0.05) is 25.3 Å². The minimum absolute atomic E-state index is 0.0372. The van der Waals surface area contributed by atoms with Gasteiger partial charge in [-0.05, 0) is 54.9 Å². The molecular weight excluding hydrogens is 322 g/mol. The Morgan fingerprint density at radius 2 is 1.85 bits per heavy atom. The van der Waals surface area contributed by atoms with Gasteiger partial charge in [0.1, 0.15) is 0 Å². The third kappa shape index (κ3) is 3.85. The summed E-state index contributed by atoms with van der Waals surface area (Å²) in [4.78, 5) is 14.8. The molecule has 2 aliphatic rings. The number of hydrogen-bond acceptors (Lipinski definition) is 2. The highest BCUT2D eigenvalue weighted by atomic mass is 16.2. The van der Waals surface area contributed by atoms with E-state index in [4.69, 9.17) is 0 Å². The van der Waals surface area contributed by atoms with Crippen molar-refractivity contribution in [2.75, 3.05) is 24.5 Å². The summed E-state index contributed by atoms with van der Waals surface area (Å²) in [5, 5.41) is 6.28. The molecule has 1 aliphatic heterocycles. The molecule has 4 rings (SSSR count). The number of urea groups is 1. The summed E-state index contributed by atoms with van der Waals surface area (Å²) in [6.07, 6.45) is 4.40. The molecule has 1 aliphatic carbocycles. The molecule has 4 nitrogen and oxygen atoms in total. The van der Waals surface area contributed by atoms with Crippen molar-refractivity contribution in [2.24, 2.45) is 5.92 Å². The number of benzene rings is 2. The molecule has 136 valence electrons. The number of amides is 2. The van der Waals surface area contributed by atoms with Crippen LogP contribution in [0.2, 0.25) is 0 Å². The van der Waals surface area contributed by atoms with Gasteiger partial charge in [0.2, 0.25) is 0 Å². The molecule has 1 heterocycles. The van der Waals surface area contributed by atoms with Gasteiger partial charge in [0.05, 0.1) is 6.04 Å². The Morgan fingerprint density at radius 3 is 2.73 bits per heavy atom. The number of rotatable bonds is 4. The Bertz CT molecular complexity index is 746. The van der Waals surface area contributed by atoms with Crippen LogP contribution in [0.3, 0.4) is 0 Å². The van der Waals surface area contributed by atoms with E-state index >= 15 is 0 Å². The van der Waals surface area contributed by atoms with Crippen molar-refractivity contribution in [1.82, 2.24) is 10.6 Å². The van der Waals surface area contributed by atoms with Gasteiger partial charge in [0.15, 0.2) is 0 Å². The quantitative estimate of drug-likeness (QED) is 0.879. The first-order valence-electron chi connectivity index (χ1n) is 9.72. The second-order valence-corrected chi connectivity index (χ2v) is 7.43. The number of fused-ring (bicyclic) bond motifs is 1. The molecule has 2 aromatic rings. The predicted molar refractivity (Wildman–Crippen MR) is 105 cm³/mol. The first-order valence-corrected chi connectivity index (χ1v) is 9.72. The van der Waals surface area contributed by atoms with E-state index in [1.807, 2.05) is 6.07 Å². The monoisotopic (exact) mass is 349 g/mol. The average Bonchev–Trinajstić information content (AvgIpc) is 3.17. The van der Waals surface area contributed by atoms with Gasteiger partial charge in [0.25, 0.3) is 0 Å². The first kappa shape index (κ1) is 17.0. The zero-order valence-corrected chi connectivity index (χ0v) is 15.2. The van der Waals surface area contributed by atoms with Gasteiger partial charge in [-0.25, -0.2) is 4.79 Å². The fraction of sp³-hybridized carbons (Fsp3) is 0.409. The molecule has 0 radical (unpaired) electrons. The minimum Gasteiger partial charge on any atom is -0.371 e. The van der Waals surface area contributed by atoms with Crippen LogP contribution in [0.1, 0.15) is 36.4 Å². The molecule has 4 heteroatoms. The zero-order valence-electron chi connectivity index (χ0n) is 15.2. The summed E-state index contributed by atoms with van der Waals surface area (Å²) in [6.45, 7) is 2.81. The summed E-state index contributed by atoms with van der Waals surface area (Å²) in [6, 6.07) is 19.1. The van der Waals surface area contributed by atoms with Crippen LogP contribution in [0, 0.1) is 5.92 Å². The highest BCUT2D eigenvalue weighted by Gasteiger charge is 2.24. The fourth-order valence-corrected chi connectivity index (χ4v) is 4.22. The summed E-state index contributed by atoms with van der Waals surface area (Å²) in [5.74, 6) is 0.514. The third-order valence-electron chi connectivity index (χ3n) is 5.63. The number of aryl methyl sites for hydroxylation is 1. The van der Waals surface area contributed by atoms with E-state index in [0.29, 0.717) is 5.92 Å². The number of hydrogen-bond donors (Lipinski definition) is 2. The van der Waals surface area contributed by atoms with Crippen molar-refractivity contribution in [3.05, 3.63) is 65.7 Å². The lowest BCUT2D eigenvalue weighted by molar-refractivity contribution is 0.234. The van der Waals surface area contributed by atoms with E-state index in [2.05, 4.69) is 64.1 Å². The highest BCUT2D eigenvalue weighted by Crippen LogP contribution is 2.29. The van der Waals surface area contributed by atoms with Crippen molar-refractivity contribution in [1.29, 1.82) is 0 Å². The number of nitrogens with zero attached hydrogens (tertiary/aromatic N) is 1. The summed E-state index contributed by atoms with van der Waals surface area (Å²) >= 11 is 0. The minimum atomic E-state index is -0.0372. The normalized spacial score (nSPS) is 21.9. The maximum atomic E-state index is 12.4. The number of anilines is 1. The predicted octanol–water partition coefficient (Wildman–Crippen LogP) is 3.89. The number of carbonyl (C=O) groups is 1. The Hall–Kier alpha value is -2.49. The lowest BCUT2D eigenvalue weighted by Crippen LogP contribution is -2.41. The second kappa shape index (κ2) is 7.81. The maximum Gasteiger partial charge on any atom is 0.315 e. The smallest absolute Gasteiger partial charge is 0.315 e. The molecule has 26 heavy (non-hydrogen) atoms. The summed E-state index contributed by atoms with van der Waals surface area (Å²) in [5.41, 5.74) is 3.93. The molecular formula is C22H27N3O. The molecule has 2 amide bonds. The van der Waals surface area contributed by atoms with E-state index < -0.39 is 0 Å². The molecule has 2 atom stereocenters. The lowest BCUT2D eigenvalue weighted by Gasteiger charge is -2.26. The molecule has 0 aromatic heterocycles. The van der Waals surface area contributed by atoms with E-state index in [9.17, 15) is 4.79 Å².